The van der Waals surface area contributed by atoms with Crippen molar-refractivity contribution in [1.29, 1.82) is 0 Å². The molecule has 0 N–H and O–H groups in total. The van der Waals surface area contributed by atoms with Gasteiger partial charge in [0.05, 0.1) is 0 Å². The van der Waals surface area contributed by atoms with Crippen LogP contribution in [-0.2, 0) is 9.53 Å². The van der Waals surface area contributed by atoms with Crippen molar-refractivity contribution in [3.8, 4) is 0 Å². The monoisotopic (exact) mass is 317 g/mol. The van der Waals surface area contributed by atoms with Gasteiger partial charge in [-0.15, -0.1) is 0 Å². The first-order valence-electron chi connectivity index (χ1n) is 5.40. The highest BCUT2D eigenvalue weighted by atomic mass is 79.9. The molecule has 1 fully saturated rings. The Morgan fingerprint density at radius 3 is 2.41 bits per heavy atom. The second kappa shape index (κ2) is 6.58. The van der Waals surface area contributed by atoms with Crippen LogP contribution >= 0.6 is 15.9 Å². The molecule has 0 atom stereocenters. The molecule has 17 heavy (non-hydrogen) atoms. The van der Waals surface area contributed by atoms with E-state index in [0.29, 0.717) is 19.0 Å². The summed E-state index contributed by atoms with van der Waals surface area (Å²) >= 11 is 3.38. The van der Waals surface area contributed by atoms with E-state index in [4.69, 9.17) is 0 Å². The van der Waals surface area contributed by atoms with Crippen LogP contribution in [0.3, 0.4) is 0 Å². The number of alkyl halides is 4. The first kappa shape index (κ1) is 14.8. The number of nitrogens with zero attached hydrogens (tertiary/aromatic N) is 1. The number of piperidine rings is 1. The van der Waals surface area contributed by atoms with E-state index < -0.39 is 19.4 Å². The van der Waals surface area contributed by atoms with E-state index in [1.54, 1.807) is 4.90 Å². The Kier molecular flexibility index (Phi) is 5.72. The molecule has 100 valence electrons. The maximum atomic E-state index is 11.8. The van der Waals surface area contributed by atoms with Gasteiger partial charge in [0.1, 0.15) is 13.2 Å². The lowest BCUT2D eigenvalue weighted by atomic mass is 9.99. The first-order chi connectivity index (χ1) is 7.92. The summed E-state index contributed by atoms with van der Waals surface area (Å²) in [6.07, 6.45) is -2.60. The summed E-state index contributed by atoms with van der Waals surface area (Å²) in [6, 6.07) is 0. The molecule has 0 aromatic carbocycles. The maximum absolute atomic E-state index is 11.8. The molecule has 0 aromatic rings. The van der Waals surface area contributed by atoms with Gasteiger partial charge in [0.25, 0.3) is 0 Å². The number of halogens is 4. The third kappa shape index (κ3) is 5.72. The number of amides is 1. The smallest absolute Gasteiger partial charge is 0.362 e. The van der Waals surface area contributed by atoms with Gasteiger partial charge in [0.15, 0.2) is 0 Å². The van der Waals surface area contributed by atoms with Gasteiger partial charge >= 0.3 is 6.18 Å². The first-order valence-corrected chi connectivity index (χ1v) is 6.53. The molecule has 0 aliphatic carbocycles. The van der Waals surface area contributed by atoms with Crippen LogP contribution in [0.5, 0.6) is 0 Å². The Labute approximate surface area is 106 Å². The molecule has 0 bridgehead atoms. The molecule has 1 saturated heterocycles. The zero-order valence-electron chi connectivity index (χ0n) is 9.30. The quantitative estimate of drug-likeness (QED) is 0.744. The van der Waals surface area contributed by atoms with Crippen molar-refractivity contribution in [2.75, 3.05) is 31.6 Å². The molecule has 1 heterocycles. The fraction of sp³-hybridized carbons (Fsp3) is 0.900. The highest BCUT2D eigenvalue weighted by Gasteiger charge is 2.28. The predicted molar refractivity (Wildman–Crippen MR) is 60.0 cm³/mol. The number of hydrogen-bond donors (Lipinski definition) is 0. The van der Waals surface area contributed by atoms with Crippen LogP contribution in [0.2, 0.25) is 0 Å². The second-order valence-electron chi connectivity index (χ2n) is 4.09. The van der Waals surface area contributed by atoms with E-state index >= 15 is 0 Å². The fourth-order valence-electron chi connectivity index (χ4n) is 1.68. The molecule has 0 radical (unpaired) electrons. The molecule has 0 unspecified atom stereocenters. The Bertz CT molecular complexity index is 252. The Morgan fingerprint density at radius 1 is 1.35 bits per heavy atom. The summed E-state index contributed by atoms with van der Waals surface area (Å²) < 4.78 is 39.7. The van der Waals surface area contributed by atoms with Crippen LogP contribution in [0.1, 0.15) is 12.8 Å². The Balaban J connectivity index is 2.21. The number of carbonyl (C=O) groups excluding carboxylic acids is 1. The van der Waals surface area contributed by atoms with Gasteiger partial charge in [-0.25, -0.2) is 0 Å². The van der Waals surface area contributed by atoms with E-state index in [-0.39, 0.29) is 5.91 Å². The van der Waals surface area contributed by atoms with E-state index in [1.807, 2.05) is 0 Å². The predicted octanol–water partition coefficient (Wildman–Crippen LogP) is 2.20. The average Bonchev–Trinajstić information content (AvgIpc) is 2.27. The van der Waals surface area contributed by atoms with Crippen molar-refractivity contribution < 1.29 is 22.7 Å². The summed E-state index contributed by atoms with van der Waals surface area (Å²) in [4.78, 5) is 13.1. The molecule has 7 heteroatoms. The molecule has 1 rings (SSSR count). The van der Waals surface area contributed by atoms with E-state index in [2.05, 4.69) is 20.7 Å². The highest BCUT2D eigenvalue weighted by molar-refractivity contribution is 9.09. The topological polar surface area (TPSA) is 29.5 Å². The van der Waals surface area contributed by atoms with Gasteiger partial charge in [0.2, 0.25) is 5.91 Å². The summed E-state index contributed by atoms with van der Waals surface area (Å²) in [5.41, 5.74) is 0. The number of rotatable bonds is 4. The third-order valence-electron chi connectivity index (χ3n) is 2.68. The SMILES string of the molecule is O=C(COCC(F)(F)F)N1CCC(CBr)CC1. The van der Waals surface area contributed by atoms with E-state index in [1.165, 1.54) is 0 Å². The van der Waals surface area contributed by atoms with Crippen molar-refractivity contribution in [3.63, 3.8) is 0 Å². The van der Waals surface area contributed by atoms with Gasteiger partial charge in [0, 0.05) is 18.4 Å². The summed E-state index contributed by atoms with van der Waals surface area (Å²) in [7, 11) is 0. The zero-order valence-corrected chi connectivity index (χ0v) is 10.9. The number of ether oxygens (including phenoxy) is 1. The number of likely N-dealkylation sites (tertiary alicyclic amines) is 1. The van der Waals surface area contributed by atoms with Crippen molar-refractivity contribution >= 4 is 21.8 Å². The van der Waals surface area contributed by atoms with E-state index in [0.717, 1.165) is 18.2 Å². The molecule has 3 nitrogen and oxygen atoms in total. The highest BCUT2D eigenvalue weighted by Crippen LogP contribution is 2.19. The van der Waals surface area contributed by atoms with Crippen molar-refractivity contribution in [2.24, 2.45) is 5.92 Å². The van der Waals surface area contributed by atoms with Gasteiger partial charge in [-0.05, 0) is 18.8 Å². The lowest BCUT2D eigenvalue weighted by Crippen LogP contribution is -2.41. The zero-order chi connectivity index (χ0) is 12.9. The summed E-state index contributed by atoms with van der Waals surface area (Å²) in [5, 5.41) is 0.902. The summed E-state index contributed by atoms with van der Waals surface area (Å²) in [6.45, 7) is -0.649. The van der Waals surface area contributed by atoms with Crippen molar-refractivity contribution in [2.45, 2.75) is 19.0 Å². The molecule has 1 amide bonds. The lowest BCUT2D eigenvalue weighted by molar-refractivity contribution is -0.178. The largest absolute Gasteiger partial charge is 0.411 e. The molecule has 0 saturated carbocycles. The van der Waals surface area contributed by atoms with Gasteiger partial charge in [-0.1, -0.05) is 15.9 Å². The molecular formula is C10H15BrF3NO2. The average molecular weight is 318 g/mol. The van der Waals surface area contributed by atoms with Gasteiger partial charge in [-0.3, -0.25) is 4.79 Å². The Hall–Kier alpha value is -0.300. The molecule has 0 spiro atoms. The van der Waals surface area contributed by atoms with E-state index in [9.17, 15) is 18.0 Å². The standard InChI is InChI=1S/C10H15BrF3NO2/c11-5-8-1-3-15(4-2-8)9(16)6-17-7-10(12,13)14/h8H,1-7H2. The summed E-state index contributed by atoms with van der Waals surface area (Å²) in [5.74, 6) is 0.192. The van der Waals surface area contributed by atoms with Gasteiger partial charge in [-0.2, -0.15) is 13.2 Å². The minimum absolute atomic E-state index is 0.359. The molecule has 1 aliphatic rings. The van der Waals surface area contributed by atoms with Gasteiger partial charge < -0.3 is 9.64 Å². The van der Waals surface area contributed by atoms with Crippen LogP contribution in [0.15, 0.2) is 0 Å². The number of hydrogen-bond acceptors (Lipinski definition) is 2. The maximum Gasteiger partial charge on any atom is 0.411 e. The minimum atomic E-state index is -4.37. The van der Waals surface area contributed by atoms with Crippen LogP contribution in [0.4, 0.5) is 13.2 Å². The fourth-order valence-corrected chi connectivity index (χ4v) is 2.33. The lowest BCUT2D eigenvalue weighted by Gasteiger charge is -2.31. The number of carbonyl (C=O) groups is 1. The minimum Gasteiger partial charge on any atom is -0.362 e. The van der Waals surface area contributed by atoms with Crippen LogP contribution in [0.25, 0.3) is 0 Å². The second-order valence-corrected chi connectivity index (χ2v) is 4.73. The third-order valence-corrected chi connectivity index (χ3v) is 3.59. The van der Waals surface area contributed by atoms with Crippen molar-refractivity contribution in [1.82, 2.24) is 4.90 Å². The van der Waals surface area contributed by atoms with Crippen LogP contribution in [-0.4, -0.2) is 48.6 Å². The molecule has 1 aliphatic heterocycles. The van der Waals surface area contributed by atoms with Crippen molar-refractivity contribution in [3.05, 3.63) is 0 Å². The normalized spacial score (nSPS) is 18.5. The Morgan fingerprint density at radius 2 is 1.94 bits per heavy atom. The molecule has 0 aromatic heterocycles. The van der Waals surface area contributed by atoms with Crippen LogP contribution in [0, 0.1) is 5.92 Å². The molecular weight excluding hydrogens is 303 g/mol. The van der Waals surface area contributed by atoms with Crippen LogP contribution < -0.4 is 0 Å².